The van der Waals surface area contributed by atoms with Crippen LogP contribution in [-0.4, -0.2) is 6.54 Å². The van der Waals surface area contributed by atoms with Gasteiger partial charge in [-0.15, -0.1) is 13.2 Å². The van der Waals surface area contributed by atoms with E-state index in [4.69, 9.17) is 0 Å². The molecule has 92 valence electrons. The van der Waals surface area contributed by atoms with Gasteiger partial charge in [-0.1, -0.05) is 44.6 Å². The molecule has 1 fully saturated rings. The Labute approximate surface area is 102 Å². The minimum atomic E-state index is 0. The van der Waals surface area contributed by atoms with Gasteiger partial charge in [-0.25, -0.2) is 0 Å². The van der Waals surface area contributed by atoms with E-state index in [1.165, 1.54) is 30.5 Å². The third kappa shape index (κ3) is 5.59. The molecule has 1 aliphatic carbocycles. The number of fused-ring (bicyclic) bond motifs is 1. The maximum absolute atomic E-state index is 3.41. The third-order valence-electron chi connectivity index (χ3n) is 2.18. The van der Waals surface area contributed by atoms with Crippen molar-refractivity contribution in [3.05, 3.63) is 48.7 Å². The maximum Gasteiger partial charge on any atom is 0.0335 e. The quantitative estimate of drug-likeness (QED) is 0.589. The van der Waals surface area contributed by atoms with Gasteiger partial charge in [-0.3, -0.25) is 0 Å². The highest BCUT2D eigenvalue weighted by atomic mass is 14.9. The molecule has 0 bridgehead atoms. The van der Waals surface area contributed by atoms with Crippen molar-refractivity contribution in [1.82, 2.24) is 5.32 Å². The molecule has 2 rings (SSSR count). The Morgan fingerprint density at radius 2 is 2.06 bits per heavy atom. The van der Waals surface area contributed by atoms with Crippen molar-refractivity contribution in [3.8, 4) is 0 Å². The number of nitrogens with one attached hydrogen (secondary N) is 1. The van der Waals surface area contributed by atoms with Gasteiger partial charge >= 0.3 is 0 Å². The molecule has 0 spiro atoms. The molecule has 0 unspecified atom stereocenters. The first kappa shape index (κ1) is 14.8. The first-order chi connectivity index (χ1) is 7.88. The summed E-state index contributed by atoms with van der Waals surface area (Å²) in [6, 6.07) is 0. The van der Waals surface area contributed by atoms with Gasteiger partial charge in [-0.05, 0) is 24.8 Å². The van der Waals surface area contributed by atoms with Gasteiger partial charge in [0.2, 0.25) is 0 Å². The van der Waals surface area contributed by atoms with Crippen molar-refractivity contribution in [1.29, 1.82) is 0 Å². The van der Waals surface area contributed by atoms with Crippen molar-refractivity contribution in [3.63, 3.8) is 0 Å². The molecule has 1 heteroatoms. The van der Waals surface area contributed by atoms with E-state index in [0.29, 0.717) is 0 Å². The highest BCUT2D eigenvalue weighted by molar-refractivity contribution is 5.36. The Balaban J connectivity index is 0. The van der Waals surface area contributed by atoms with Crippen molar-refractivity contribution in [2.75, 3.05) is 6.54 Å². The topological polar surface area (TPSA) is 12.0 Å². The van der Waals surface area contributed by atoms with Gasteiger partial charge in [0.1, 0.15) is 0 Å². The summed E-state index contributed by atoms with van der Waals surface area (Å²) < 4.78 is 0. The highest BCUT2D eigenvalue weighted by Gasteiger charge is 2.09. The fourth-order valence-electron chi connectivity index (χ4n) is 1.58. The van der Waals surface area contributed by atoms with Crippen LogP contribution in [0.3, 0.4) is 0 Å². The average molecular weight is 221 g/mol. The number of rotatable bonds is 0. The fourth-order valence-corrected chi connectivity index (χ4v) is 1.58. The molecule has 1 heterocycles. The molecule has 16 heavy (non-hydrogen) atoms. The Kier molecular flexibility index (Phi) is 9.49. The number of hydrogen-bond acceptors (Lipinski definition) is 1. The van der Waals surface area contributed by atoms with E-state index in [2.05, 4.69) is 56.6 Å². The van der Waals surface area contributed by atoms with Crippen LogP contribution >= 0.6 is 0 Å². The van der Waals surface area contributed by atoms with Crippen molar-refractivity contribution >= 4 is 0 Å². The predicted molar refractivity (Wildman–Crippen MR) is 76.5 cm³/mol. The first-order valence-electron chi connectivity index (χ1n) is 6.18. The largest absolute Gasteiger partial charge is 0.385 e. The second-order valence-electron chi connectivity index (χ2n) is 3.71. The molecule has 0 saturated carbocycles. The summed E-state index contributed by atoms with van der Waals surface area (Å²) >= 11 is 0. The minimum absolute atomic E-state index is 0. The van der Waals surface area contributed by atoms with Crippen molar-refractivity contribution < 1.29 is 1.43 Å². The molecular weight excluding hydrogens is 194 g/mol. The number of piperidine rings is 1. The molecule has 0 amide bonds. The van der Waals surface area contributed by atoms with Crippen molar-refractivity contribution in [2.45, 2.75) is 39.5 Å². The van der Waals surface area contributed by atoms with Crippen LogP contribution < -0.4 is 5.32 Å². The normalized spacial score (nSPS) is 16.9. The van der Waals surface area contributed by atoms with E-state index < -0.39 is 0 Å². The second kappa shape index (κ2) is 10.3. The first-order valence-corrected chi connectivity index (χ1v) is 6.18. The Hall–Kier alpha value is -1.24. The molecular formula is C15H27N. The molecule has 2 aliphatic rings. The highest BCUT2D eigenvalue weighted by Crippen LogP contribution is 2.20. The van der Waals surface area contributed by atoms with Gasteiger partial charge in [-0.2, -0.15) is 0 Å². The average Bonchev–Trinajstić information content (AvgIpc) is 2.57. The molecule has 1 saturated heterocycles. The Bertz CT molecular complexity index is 264. The van der Waals surface area contributed by atoms with Crippen LogP contribution in [0.15, 0.2) is 48.7 Å². The molecule has 1 aliphatic heterocycles. The van der Waals surface area contributed by atoms with E-state index in [9.17, 15) is 0 Å². The third-order valence-corrected chi connectivity index (χ3v) is 2.18. The lowest BCUT2D eigenvalue weighted by Gasteiger charge is -2.19. The lowest BCUT2D eigenvalue weighted by atomic mass is 10.0. The second-order valence-corrected chi connectivity index (χ2v) is 3.71. The summed E-state index contributed by atoms with van der Waals surface area (Å²) in [7, 11) is 0. The standard InChI is InChI=1S/C10H13N.C3H8.C2H4.H2/c1-2-5-9-6-4-8-11-10(9)7-3-1;1-3-2;1-2;/h1-2,5,7,11H,3-4,6,8H2;3H2,1-2H3;1-2H2;1H. The van der Waals surface area contributed by atoms with E-state index in [1.807, 2.05) is 0 Å². The summed E-state index contributed by atoms with van der Waals surface area (Å²) in [5, 5.41) is 3.41. The van der Waals surface area contributed by atoms with Crippen LogP contribution in [0, 0.1) is 0 Å². The van der Waals surface area contributed by atoms with Gasteiger partial charge in [0.05, 0.1) is 0 Å². The molecule has 1 N–H and O–H groups in total. The summed E-state index contributed by atoms with van der Waals surface area (Å²) in [5.41, 5.74) is 2.84. The molecule has 0 aromatic carbocycles. The smallest absolute Gasteiger partial charge is 0.0335 e. The lowest BCUT2D eigenvalue weighted by Crippen LogP contribution is -2.21. The fraction of sp³-hybridized carbons (Fsp3) is 0.467. The van der Waals surface area contributed by atoms with E-state index in [0.717, 1.165) is 13.0 Å². The van der Waals surface area contributed by atoms with Crippen LogP contribution in [0.1, 0.15) is 41.0 Å². The zero-order valence-electron chi connectivity index (χ0n) is 10.8. The molecule has 1 nitrogen and oxygen atoms in total. The zero-order chi connectivity index (χ0) is 12.2. The lowest BCUT2D eigenvalue weighted by molar-refractivity contribution is 0.667. The van der Waals surface area contributed by atoms with E-state index in [1.54, 1.807) is 0 Å². The van der Waals surface area contributed by atoms with Gasteiger partial charge in [0, 0.05) is 13.7 Å². The maximum atomic E-state index is 3.41. The number of allylic oxidation sites excluding steroid dienone is 5. The van der Waals surface area contributed by atoms with Gasteiger partial charge < -0.3 is 5.32 Å². The van der Waals surface area contributed by atoms with Gasteiger partial charge in [0.25, 0.3) is 0 Å². The predicted octanol–water partition coefficient (Wildman–Crippen LogP) is 4.60. The van der Waals surface area contributed by atoms with Gasteiger partial charge in [0.15, 0.2) is 0 Å². The molecule has 0 aromatic rings. The summed E-state index contributed by atoms with van der Waals surface area (Å²) in [5.74, 6) is 0. The minimum Gasteiger partial charge on any atom is -0.385 e. The summed E-state index contributed by atoms with van der Waals surface area (Å²) in [6.07, 6.45) is 13.7. The van der Waals surface area contributed by atoms with Crippen molar-refractivity contribution in [2.24, 2.45) is 0 Å². The zero-order valence-corrected chi connectivity index (χ0v) is 10.8. The summed E-state index contributed by atoms with van der Waals surface area (Å²) in [6.45, 7) is 11.4. The number of hydrogen-bond donors (Lipinski definition) is 1. The Morgan fingerprint density at radius 3 is 2.75 bits per heavy atom. The Morgan fingerprint density at radius 1 is 1.38 bits per heavy atom. The van der Waals surface area contributed by atoms with Crippen LogP contribution in [0.2, 0.25) is 0 Å². The molecule has 0 aromatic heterocycles. The SMILES string of the molecule is C1=CCC=C2NCCCC2=C1.C=C.CCC.[HH]. The summed E-state index contributed by atoms with van der Waals surface area (Å²) in [4.78, 5) is 0. The van der Waals surface area contributed by atoms with Crippen LogP contribution in [0.5, 0.6) is 0 Å². The van der Waals surface area contributed by atoms with E-state index in [-0.39, 0.29) is 1.43 Å². The molecule has 0 atom stereocenters. The monoisotopic (exact) mass is 221 g/mol. The molecule has 0 radical (unpaired) electrons. The van der Waals surface area contributed by atoms with Crippen LogP contribution in [0.25, 0.3) is 0 Å². The van der Waals surface area contributed by atoms with E-state index >= 15 is 0 Å². The van der Waals surface area contributed by atoms with Crippen LogP contribution in [0.4, 0.5) is 0 Å². The van der Waals surface area contributed by atoms with Crippen LogP contribution in [-0.2, 0) is 0 Å².